The Labute approximate surface area is 99.9 Å². The molecular formula is C12H17N3S. The molecular weight excluding hydrogens is 218 g/mol. The van der Waals surface area contributed by atoms with Crippen LogP contribution in [0.4, 0.5) is 0 Å². The van der Waals surface area contributed by atoms with Gasteiger partial charge in [0.25, 0.3) is 0 Å². The van der Waals surface area contributed by atoms with Crippen molar-refractivity contribution < 1.29 is 0 Å². The van der Waals surface area contributed by atoms with Crippen LogP contribution >= 0.6 is 11.3 Å². The largest absolute Gasteiger partial charge is 0.306 e. The molecule has 0 aliphatic rings. The number of aromatic nitrogens is 2. The highest BCUT2D eigenvalue weighted by Gasteiger charge is 2.07. The monoisotopic (exact) mass is 235 g/mol. The number of hydrogen-bond donors (Lipinski definition) is 2. The summed E-state index contributed by atoms with van der Waals surface area (Å²) in [7, 11) is 0. The minimum absolute atomic E-state index is 0.332. The van der Waals surface area contributed by atoms with E-state index in [1.807, 2.05) is 23.7 Å². The molecule has 2 rings (SSSR count). The normalized spacial score (nSPS) is 12.9. The third-order valence-corrected chi connectivity index (χ3v) is 3.77. The van der Waals surface area contributed by atoms with Gasteiger partial charge in [0.2, 0.25) is 0 Å². The van der Waals surface area contributed by atoms with Crippen molar-refractivity contribution in [1.29, 1.82) is 0 Å². The Hall–Kier alpha value is -1.13. The summed E-state index contributed by atoms with van der Waals surface area (Å²) in [5, 5.41) is 10.3. The van der Waals surface area contributed by atoms with Gasteiger partial charge < -0.3 is 5.32 Å². The number of thiophene rings is 1. The Morgan fingerprint density at radius 3 is 2.88 bits per heavy atom. The predicted octanol–water partition coefficient (Wildman–Crippen LogP) is 2.94. The lowest BCUT2D eigenvalue weighted by Gasteiger charge is -2.11. The van der Waals surface area contributed by atoms with E-state index >= 15 is 0 Å². The number of H-pyrrole nitrogens is 1. The number of aryl methyl sites for hydroxylation is 2. The van der Waals surface area contributed by atoms with E-state index in [2.05, 4.69) is 42.4 Å². The van der Waals surface area contributed by atoms with Crippen LogP contribution in [0.15, 0.2) is 18.5 Å². The zero-order chi connectivity index (χ0) is 11.5. The molecule has 2 aromatic rings. The molecule has 0 bridgehead atoms. The van der Waals surface area contributed by atoms with E-state index in [1.54, 1.807) is 0 Å². The molecule has 0 fully saturated rings. The Balaban J connectivity index is 1.95. The first kappa shape index (κ1) is 11.4. The molecule has 0 spiro atoms. The molecule has 0 aliphatic heterocycles. The fourth-order valence-electron chi connectivity index (χ4n) is 1.74. The predicted molar refractivity (Wildman–Crippen MR) is 67.6 cm³/mol. The quantitative estimate of drug-likeness (QED) is 0.855. The van der Waals surface area contributed by atoms with Crippen LogP contribution in [0, 0.1) is 13.8 Å². The van der Waals surface area contributed by atoms with E-state index in [-0.39, 0.29) is 0 Å². The summed E-state index contributed by atoms with van der Waals surface area (Å²) >= 11 is 1.86. The second kappa shape index (κ2) is 4.80. The first-order valence-electron chi connectivity index (χ1n) is 5.45. The Bertz CT molecular complexity index is 445. The Morgan fingerprint density at radius 1 is 1.50 bits per heavy atom. The van der Waals surface area contributed by atoms with Gasteiger partial charge in [0.15, 0.2) is 0 Å². The van der Waals surface area contributed by atoms with Gasteiger partial charge in [-0.3, -0.25) is 5.10 Å². The summed E-state index contributed by atoms with van der Waals surface area (Å²) in [5.74, 6) is 0. The molecule has 0 saturated heterocycles. The van der Waals surface area contributed by atoms with E-state index in [1.165, 1.54) is 20.9 Å². The highest BCUT2D eigenvalue weighted by atomic mass is 32.1. The van der Waals surface area contributed by atoms with Crippen molar-refractivity contribution in [3.8, 4) is 0 Å². The lowest BCUT2D eigenvalue weighted by atomic mass is 10.1. The topological polar surface area (TPSA) is 40.7 Å². The van der Waals surface area contributed by atoms with Crippen molar-refractivity contribution in [2.45, 2.75) is 33.4 Å². The molecule has 0 aromatic carbocycles. The van der Waals surface area contributed by atoms with Crippen LogP contribution in [-0.4, -0.2) is 10.2 Å². The standard InChI is InChI=1S/C12H17N3S/c1-8-4-11(10(3)16-8)5-13-9(2)12-6-14-15-7-12/h4,6-7,9,13H,5H2,1-3H3,(H,14,15). The number of rotatable bonds is 4. The van der Waals surface area contributed by atoms with Crippen LogP contribution < -0.4 is 5.32 Å². The van der Waals surface area contributed by atoms with Crippen LogP contribution in [0.5, 0.6) is 0 Å². The van der Waals surface area contributed by atoms with Crippen molar-refractivity contribution in [2.75, 3.05) is 0 Å². The zero-order valence-corrected chi connectivity index (χ0v) is 10.7. The average Bonchev–Trinajstić information content (AvgIpc) is 2.84. The van der Waals surface area contributed by atoms with Gasteiger partial charge in [0.05, 0.1) is 6.20 Å². The molecule has 86 valence electrons. The smallest absolute Gasteiger partial charge is 0.0534 e. The highest BCUT2D eigenvalue weighted by molar-refractivity contribution is 7.12. The fraction of sp³-hybridized carbons (Fsp3) is 0.417. The minimum atomic E-state index is 0.332. The van der Waals surface area contributed by atoms with Gasteiger partial charge in [-0.1, -0.05) is 0 Å². The van der Waals surface area contributed by atoms with Crippen molar-refractivity contribution in [3.63, 3.8) is 0 Å². The summed E-state index contributed by atoms with van der Waals surface area (Å²) in [6.45, 7) is 7.40. The minimum Gasteiger partial charge on any atom is -0.306 e. The lowest BCUT2D eigenvalue weighted by molar-refractivity contribution is 0.574. The summed E-state index contributed by atoms with van der Waals surface area (Å²) in [6, 6.07) is 2.59. The maximum atomic E-state index is 3.96. The van der Waals surface area contributed by atoms with E-state index in [0.29, 0.717) is 6.04 Å². The van der Waals surface area contributed by atoms with Gasteiger partial charge in [-0.25, -0.2) is 0 Å². The first-order chi connectivity index (χ1) is 7.66. The van der Waals surface area contributed by atoms with E-state index in [0.717, 1.165) is 6.54 Å². The number of hydrogen-bond acceptors (Lipinski definition) is 3. The molecule has 2 N–H and O–H groups in total. The van der Waals surface area contributed by atoms with Gasteiger partial charge in [-0.2, -0.15) is 5.10 Å². The maximum Gasteiger partial charge on any atom is 0.0534 e. The number of nitrogens with one attached hydrogen (secondary N) is 2. The van der Waals surface area contributed by atoms with Crippen molar-refractivity contribution in [3.05, 3.63) is 39.3 Å². The van der Waals surface area contributed by atoms with Crippen LogP contribution in [-0.2, 0) is 6.54 Å². The molecule has 0 saturated carbocycles. The number of aromatic amines is 1. The van der Waals surface area contributed by atoms with E-state index < -0.39 is 0 Å². The second-order valence-corrected chi connectivity index (χ2v) is 5.53. The van der Waals surface area contributed by atoms with Gasteiger partial charge in [-0.05, 0) is 32.4 Å². The highest BCUT2D eigenvalue weighted by Crippen LogP contribution is 2.21. The molecule has 1 atom stereocenters. The number of nitrogens with zero attached hydrogens (tertiary/aromatic N) is 1. The van der Waals surface area contributed by atoms with E-state index in [4.69, 9.17) is 0 Å². The molecule has 4 heteroatoms. The van der Waals surface area contributed by atoms with Crippen molar-refractivity contribution in [1.82, 2.24) is 15.5 Å². The van der Waals surface area contributed by atoms with Gasteiger partial charge in [0, 0.05) is 34.1 Å². The van der Waals surface area contributed by atoms with Gasteiger partial charge in [0.1, 0.15) is 0 Å². The molecule has 3 nitrogen and oxygen atoms in total. The lowest BCUT2D eigenvalue weighted by Crippen LogP contribution is -2.17. The molecule has 0 radical (unpaired) electrons. The molecule has 0 aliphatic carbocycles. The maximum absolute atomic E-state index is 3.96. The zero-order valence-electron chi connectivity index (χ0n) is 9.87. The Morgan fingerprint density at radius 2 is 2.31 bits per heavy atom. The molecule has 2 aromatic heterocycles. The van der Waals surface area contributed by atoms with Crippen molar-refractivity contribution in [2.24, 2.45) is 0 Å². The van der Waals surface area contributed by atoms with Gasteiger partial charge in [-0.15, -0.1) is 11.3 Å². The average molecular weight is 235 g/mol. The summed E-state index contributed by atoms with van der Waals surface area (Å²) in [4.78, 5) is 2.79. The van der Waals surface area contributed by atoms with E-state index in [9.17, 15) is 0 Å². The summed E-state index contributed by atoms with van der Waals surface area (Å²) in [5.41, 5.74) is 2.60. The van der Waals surface area contributed by atoms with Gasteiger partial charge >= 0.3 is 0 Å². The molecule has 2 heterocycles. The van der Waals surface area contributed by atoms with Crippen LogP contribution in [0.1, 0.15) is 33.8 Å². The van der Waals surface area contributed by atoms with Crippen LogP contribution in [0.25, 0.3) is 0 Å². The van der Waals surface area contributed by atoms with Crippen LogP contribution in [0.3, 0.4) is 0 Å². The third-order valence-electron chi connectivity index (χ3n) is 2.76. The van der Waals surface area contributed by atoms with Crippen LogP contribution in [0.2, 0.25) is 0 Å². The molecule has 16 heavy (non-hydrogen) atoms. The SMILES string of the molecule is Cc1cc(CNC(C)c2cn[nH]c2)c(C)s1. The summed E-state index contributed by atoms with van der Waals surface area (Å²) < 4.78 is 0. The molecule has 0 amide bonds. The summed E-state index contributed by atoms with van der Waals surface area (Å²) in [6.07, 6.45) is 3.80. The molecule has 1 unspecified atom stereocenters. The fourth-order valence-corrected chi connectivity index (χ4v) is 2.68. The Kier molecular flexibility index (Phi) is 3.41. The second-order valence-electron chi connectivity index (χ2n) is 4.07. The van der Waals surface area contributed by atoms with Crippen molar-refractivity contribution >= 4 is 11.3 Å². The third kappa shape index (κ3) is 2.51. The first-order valence-corrected chi connectivity index (χ1v) is 6.26.